The third-order valence-electron chi connectivity index (χ3n) is 2.62. The fourth-order valence-electron chi connectivity index (χ4n) is 1.47. The fourth-order valence-corrected chi connectivity index (χ4v) is 1.47. The van der Waals surface area contributed by atoms with Crippen molar-refractivity contribution in [3.05, 3.63) is 47.4 Å². The van der Waals surface area contributed by atoms with E-state index in [1.807, 2.05) is 20.8 Å². The Bertz CT molecular complexity index is 582. The van der Waals surface area contributed by atoms with Crippen LogP contribution in [0.3, 0.4) is 0 Å². The van der Waals surface area contributed by atoms with Crippen LogP contribution in [0.1, 0.15) is 36.8 Å². The average molecular weight is 262 g/mol. The Labute approximate surface area is 110 Å². The molecule has 1 heterocycles. The van der Waals surface area contributed by atoms with Crippen LogP contribution in [-0.4, -0.2) is 11.1 Å². The molecule has 19 heavy (non-hydrogen) atoms. The van der Waals surface area contributed by atoms with E-state index in [1.54, 1.807) is 6.07 Å². The van der Waals surface area contributed by atoms with Crippen LogP contribution in [0, 0.1) is 5.82 Å². The third kappa shape index (κ3) is 3.19. The molecule has 1 N–H and O–H groups in total. The lowest BCUT2D eigenvalue weighted by atomic mass is 9.92. The largest absolute Gasteiger partial charge is 0.338 e. The van der Waals surface area contributed by atoms with Crippen LogP contribution < -0.4 is 5.32 Å². The zero-order valence-electron chi connectivity index (χ0n) is 11.0. The first kappa shape index (κ1) is 13.3. The number of amides is 1. The molecule has 1 amide bonds. The molecule has 0 aliphatic heterocycles. The van der Waals surface area contributed by atoms with Gasteiger partial charge in [-0.15, -0.1) is 0 Å². The first-order valence-corrected chi connectivity index (χ1v) is 5.90. The molecule has 2 rings (SSSR count). The Morgan fingerprint density at radius 2 is 1.89 bits per heavy atom. The molecule has 5 heteroatoms. The van der Waals surface area contributed by atoms with E-state index in [0.29, 0.717) is 5.56 Å². The number of aromatic nitrogens is 1. The molecule has 0 aliphatic carbocycles. The number of nitrogens with one attached hydrogen (secondary N) is 1. The number of rotatable bonds is 2. The number of carbonyl (C=O) groups excluding carboxylic acids is 1. The molecule has 100 valence electrons. The summed E-state index contributed by atoms with van der Waals surface area (Å²) >= 11 is 0. The quantitative estimate of drug-likeness (QED) is 0.902. The minimum absolute atomic E-state index is 0.150. The minimum atomic E-state index is -0.383. The van der Waals surface area contributed by atoms with Crippen LogP contribution in [0.25, 0.3) is 0 Å². The van der Waals surface area contributed by atoms with E-state index in [9.17, 15) is 9.18 Å². The highest BCUT2D eigenvalue weighted by molar-refractivity contribution is 6.03. The van der Waals surface area contributed by atoms with E-state index in [1.165, 1.54) is 24.3 Å². The maximum Gasteiger partial charge on any atom is 0.258 e. The van der Waals surface area contributed by atoms with Gasteiger partial charge in [-0.3, -0.25) is 10.1 Å². The fraction of sp³-hybridized carbons (Fsp3) is 0.286. The zero-order chi connectivity index (χ0) is 14.0. The Balaban J connectivity index is 2.11. The number of halogens is 1. The van der Waals surface area contributed by atoms with Gasteiger partial charge in [-0.05, 0) is 24.3 Å². The summed E-state index contributed by atoms with van der Waals surface area (Å²) in [5.41, 5.74) is 0.958. The summed E-state index contributed by atoms with van der Waals surface area (Å²) in [5.74, 6) is -0.470. The lowest BCUT2D eigenvalue weighted by molar-refractivity contribution is 0.102. The van der Waals surface area contributed by atoms with E-state index in [4.69, 9.17) is 4.52 Å². The summed E-state index contributed by atoms with van der Waals surface area (Å²) in [5, 5.41) is 6.48. The van der Waals surface area contributed by atoms with E-state index >= 15 is 0 Å². The number of hydrogen-bond donors (Lipinski definition) is 1. The van der Waals surface area contributed by atoms with Crippen molar-refractivity contribution in [2.75, 3.05) is 5.32 Å². The van der Waals surface area contributed by atoms with Gasteiger partial charge in [-0.25, -0.2) is 4.39 Å². The van der Waals surface area contributed by atoms with Crippen molar-refractivity contribution < 1.29 is 13.7 Å². The summed E-state index contributed by atoms with van der Waals surface area (Å²) in [7, 11) is 0. The van der Waals surface area contributed by atoms with Crippen molar-refractivity contribution in [3.8, 4) is 0 Å². The van der Waals surface area contributed by atoms with Gasteiger partial charge in [-0.1, -0.05) is 25.9 Å². The van der Waals surface area contributed by atoms with Gasteiger partial charge in [0.2, 0.25) is 5.88 Å². The highest BCUT2D eigenvalue weighted by Crippen LogP contribution is 2.23. The SMILES string of the molecule is CC(C)(C)c1cc(NC(=O)c2ccc(F)cc2)on1. The maximum atomic E-state index is 12.8. The minimum Gasteiger partial charge on any atom is -0.338 e. The lowest BCUT2D eigenvalue weighted by Gasteiger charge is -2.12. The number of carbonyl (C=O) groups is 1. The van der Waals surface area contributed by atoms with Crippen LogP contribution in [0.5, 0.6) is 0 Å². The second-order valence-electron chi connectivity index (χ2n) is 5.29. The van der Waals surface area contributed by atoms with E-state index in [-0.39, 0.29) is 23.0 Å². The van der Waals surface area contributed by atoms with Crippen molar-refractivity contribution in [1.82, 2.24) is 5.16 Å². The molecular weight excluding hydrogens is 247 g/mol. The zero-order valence-corrected chi connectivity index (χ0v) is 11.0. The molecule has 1 aromatic heterocycles. The molecule has 0 fully saturated rings. The number of benzene rings is 1. The summed E-state index contributed by atoms with van der Waals surface area (Å²) in [6.07, 6.45) is 0. The Hall–Kier alpha value is -2.17. The smallest absolute Gasteiger partial charge is 0.258 e. The number of nitrogens with zero attached hydrogens (tertiary/aromatic N) is 1. The van der Waals surface area contributed by atoms with Crippen LogP contribution in [0.4, 0.5) is 10.3 Å². The van der Waals surface area contributed by atoms with Crippen LogP contribution in [0.2, 0.25) is 0 Å². The predicted molar refractivity (Wildman–Crippen MR) is 69.6 cm³/mol. The van der Waals surface area contributed by atoms with E-state index < -0.39 is 0 Å². The van der Waals surface area contributed by atoms with Crippen molar-refractivity contribution in [2.24, 2.45) is 0 Å². The number of hydrogen-bond acceptors (Lipinski definition) is 3. The Kier molecular flexibility index (Phi) is 3.38. The Morgan fingerprint density at radius 3 is 2.42 bits per heavy atom. The second-order valence-corrected chi connectivity index (χ2v) is 5.29. The summed E-state index contributed by atoms with van der Waals surface area (Å²) in [6, 6.07) is 6.96. The van der Waals surface area contributed by atoms with Crippen molar-refractivity contribution in [2.45, 2.75) is 26.2 Å². The highest BCUT2D eigenvalue weighted by Gasteiger charge is 2.19. The molecule has 0 aliphatic rings. The van der Waals surface area contributed by atoms with Crippen LogP contribution >= 0.6 is 0 Å². The van der Waals surface area contributed by atoms with E-state index in [0.717, 1.165) is 5.69 Å². The van der Waals surface area contributed by atoms with Crippen molar-refractivity contribution >= 4 is 11.8 Å². The molecule has 2 aromatic rings. The maximum absolute atomic E-state index is 12.8. The normalized spacial score (nSPS) is 11.4. The lowest BCUT2D eigenvalue weighted by Crippen LogP contribution is -2.12. The summed E-state index contributed by atoms with van der Waals surface area (Å²) in [6.45, 7) is 5.99. The Morgan fingerprint density at radius 1 is 1.26 bits per heavy atom. The van der Waals surface area contributed by atoms with Crippen molar-refractivity contribution in [3.63, 3.8) is 0 Å². The first-order valence-electron chi connectivity index (χ1n) is 5.90. The third-order valence-corrected chi connectivity index (χ3v) is 2.62. The first-order chi connectivity index (χ1) is 8.86. The number of anilines is 1. The molecule has 1 aromatic carbocycles. The van der Waals surface area contributed by atoms with Gasteiger partial charge >= 0.3 is 0 Å². The molecule has 0 saturated heterocycles. The molecule has 0 saturated carbocycles. The van der Waals surface area contributed by atoms with Gasteiger partial charge in [0.15, 0.2) is 0 Å². The molecule has 4 nitrogen and oxygen atoms in total. The highest BCUT2D eigenvalue weighted by atomic mass is 19.1. The van der Waals surface area contributed by atoms with Crippen LogP contribution in [-0.2, 0) is 5.41 Å². The van der Waals surface area contributed by atoms with Gasteiger partial charge in [0.1, 0.15) is 5.82 Å². The summed E-state index contributed by atoms with van der Waals surface area (Å²) in [4.78, 5) is 11.9. The monoisotopic (exact) mass is 262 g/mol. The molecule has 0 radical (unpaired) electrons. The average Bonchev–Trinajstić information content (AvgIpc) is 2.78. The predicted octanol–water partition coefficient (Wildman–Crippen LogP) is 3.36. The standard InChI is InChI=1S/C14H15FN2O2/c1-14(2,3)11-8-12(19-17-11)16-13(18)9-4-6-10(15)7-5-9/h4-8H,1-3H3,(H,16,18). The van der Waals surface area contributed by atoms with Gasteiger partial charge in [0.25, 0.3) is 5.91 Å². The topological polar surface area (TPSA) is 55.1 Å². The molecule has 0 unspecified atom stereocenters. The van der Waals surface area contributed by atoms with Gasteiger partial charge in [0, 0.05) is 17.0 Å². The van der Waals surface area contributed by atoms with Gasteiger partial charge < -0.3 is 4.52 Å². The van der Waals surface area contributed by atoms with E-state index in [2.05, 4.69) is 10.5 Å². The van der Waals surface area contributed by atoms with Crippen molar-refractivity contribution in [1.29, 1.82) is 0 Å². The molecule has 0 bridgehead atoms. The summed E-state index contributed by atoms with van der Waals surface area (Å²) < 4.78 is 17.8. The molecular formula is C14H15FN2O2. The van der Waals surface area contributed by atoms with Gasteiger partial charge in [-0.2, -0.15) is 0 Å². The molecule has 0 spiro atoms. The molecule has 0 atom stereocenters. The second kappa shape index (κ2) is 4.84. The van der Waals surface area contributed by atoms with Gasteiger partial charge in [0.05, 0.1) is 5.69 Å². The van der Waals surface area contributed by atoms with Crippen LogP contribution in [0.15, 0.2) is 34.9 Å².